The second kappa shape index (κ2) is 23.3. The molecule has 0 aliphatic carbocycles. The molecule has 350 valence electrons. The van der Waals surface area contributed by atoms with E-state index in [0.29, 0.717) is 36.9 Å². The number of carbonyl (C=O) groups is 9. The van der Waals surface area contributed by atoms with Crippen molar-refractivity contribution in [2.45, 2.75) is 97.1 Å². The summed E-state index contributed by atoms with van der Waals surface area (Å²) < 4.78 is 10.3. The average molecular weight is 928 g/mol. The van der Waals surface area contributed by atoms with Gasteiger partial charge in [-0.15, -0.1) is 0 Å². The van der Waals surface area contributed by atoms with Gasteiger partial charge in [-0.25, -0.2) is 4.79 Å². The molecule has 5 amide bonds. The Hall–Kier alpha value is -6.88. The van der Waals surface area contributed by atoms with Crippen LogP contribution in [0.25, 0.3) is 0 Å². The molecule has 4 N–H and O–H groups in total. The van der Waals surface area contributed by atoms with Gasteiger partial charge in [-0.05, 0) is 80.8 Å². The number of nitrogens with one attached hydrogen (secondary N) is 3. The van der Waals surface area contributed by atoms with Crippen LogP contribution in [0.3, 0.4) is 0 Å². The van der Waals surface area contributed by atoms with E-state index in [-0.39, 0.29) is 97.1 Å². The molecule has 2 aliphatic heterocycles. The van der Waals surface area contributed by atoms with Crippen LogP contribution in [0.5, 0.6) is 11.5 Å². The summed E-state index contributed by atoms with van der Waals surface area (Å²) in [4.78, 5) is 118. The van der Waals surface area contributed by atoms with Crippen molar-refractivity contribution in [3.8, 4) is 11.5 Å². The molecular formula is C48H54ClN5O12. The number of benzene rings is 3. The third kappa shape index (κ3) is 12.9. The molecule has 1 fully saturated rings. The number of hydrogen-bond donors (Lipinski definition) is 4. The number of fused-ring (bicyclic) bond motifs is 1. The summed E-state index contributed by atoms with van der Waals surface area (Å²) >= 11 is 6.12. The van der Waals surface area contributed by atoms with E-state index in [1.54, 1.807) is 41.3 Å². The standard InChI is InChI=1S/C48H54ClN5O12/c1-28-13-10-16-34(29(28)2)44(59)50-23-8-9-25-53(26-12-24-51-45(60)35-17-11-18-39(65-30(3)55)43(35)66-31(4)56)40(58)22-19-33(57)27-36(32-14-6-5-7-15-32)46(61)52-41-38-21-20-37(49)42(48(63)64)54(38)47(41)62/h5-7,10-11,13-18,36,38,41H,8-9,12,19-27H2,1-4H3,(H,50,59)(H,51,60)(H,52,61)(H,63,64)/t36-,38+,41-/m0/s1. The van der Waals surface area contributed by atoms with Crippen LogP contribution in [-0.4, -0.2) is 106 Å². The summed E-state index contributed by atoms with van der Waals surface area (Å²) in [5, 5.41) is 18.1. The summed E-state index contributed by atoms with van der Waals surface area (Å²) in [7, 11) is 0. The van der Waals surface area contributed by atoms with Gasteiger partial charge < -0.3 is 35.4 Å². The normalized spacial score (nSPS) is 15.7. The first kappa shape index (κ1) is 50.1. The van der Waals surface area contributed by atoms with Crippen molar-refractivity contribution >= 4 is 64.8 Å². The van der Waals surface area contributed by atoms with Crippen molar-refractivity contribution in [3.63, 3.8) is 0 Å². The number of carbonyl (C=O) groups excluding carboxylic acids is 8. The molecule has 0 radical (unpaired) electrons. The fraction of sp³-hybridized carbons (Fsp3) is 0.396. The number of carboxylic acids is 1. The van der Waals surface area contributed by atoms with Crippen molar-refractivity contribution < 1.29 is 57.7 Å². The first-order valence-corrected chi connectivity index (χ1v) is 22.1. The van der Waals surface area contributed by atoms with Crippen molar-refractivity contribution in [3.05, 3.63) is 105 Å². The predicted octanol–water partition coefficient (Wildman–Crippen LogP) is 4.86. The summed E-state index contributed by atoms with van der Waals surface area (Å²) in [5.41, 5.74) is 2.61. The molecule has 3 aromatic rings. The lowest BCUT2D eigenvalue weighted by Crippen LogP contribution is -2.71. The number of halogens is 1. The molecule has 66 heavy (non-hydrogen) atoms. The third-order valence-corrected chi connectivity index (χ3v) is 11.8. The zero-order valence-corrected chi connectivity index (χ0v) is 38.0. The molecule has 3 atom stereocenters. The highest BCUT2D eigenvalue weighted by molar-refractivity contribution is 6.32. The Morgan fingerprint density at radius 2 is 1.44 bits per heavy atom. The number of carboxylic acid groups (broad SMARTS) is 1. The van der Waals surface area contributed by atoms with E-state index < -0.39 is 53.6 Å². The topological polar surface area (TPSA) is 235 Å². The van der Waals surface area contributed by atoms with Crippen molar-refractivity contribution in [2.75, 3.05) is 26.2 Å². The molecule has 0 spiro atoms. The smallest absolute Gasteiger partial charge is 0.353 e. The number of hydrogen-bond acceptors (Lipinski definition) is 11. The summed E-state index contributed by atoms with van der Waals surface area (Å²) in [6, 6.07) is 16.7. The molecular weight excluding hydrogens is 874 g/mol. The molecule has 17 nitrogen and oxygen atoms in total. The second-order valence-electron chi connectivity index (χ2n) is 16.1. The van der Waals surface area contributed by atoms with Gasteiger partial charge >= 0.3 is 17.9 Å². The summed E-state index contributed by atoms with van der Waals surface area (Å²) in [6.07, 6.45) is 1.22. The number of para-hydroxylation sites is 1. The Morgan fingerprint density at radius 1 is 0.803 bits per heavy atom. The number of β-lactam (4-membered cyclic amide) rings is 1. The monoisotopic (exact) mass is 927 g/mol. The lowest BCUT2D eigenvalue weighted by Gasteiger charge is -2.49. The quantitative estimate of drug-likeness (QED) is 0.0458. The number of aryl methyl sites for hydroxylation is 1. The van der Waals surface area contributed by atoms with E-state index in [4.69, 9.17) is 21.1 Å². The molecule has 0 unspecified atom stereocenters. The van der Waals surface area contributed by atoms with E-state index in [2.05, 4.69) is 16.0 Å². The van der Waals surface area contributed by atoms with Crippen LogP contribution < -0.4 is 25.4 Å². The highest BCUT2D eigenvalue weighted by Gasteiger charge is 2.53. The number of amides is 5. The van der Waals surface area contributed by atoms with Gasteiger partial charge in [0.05, 0.1) is 17.5 Å². The Labute approximate surface area is 387 Å². The number of unbranched alkanes of at least 4 members (excludes halogenated alkanes) is 1. The van der Waals surface area contributed by atoms with Gasteiger partial charge in [0.25, 0.3) is 17.7 Å². The van der Waals surface area contributed by atoms with Crippen molar-refractivity contribution in [2.24, 2.45) is 0 Å². The van der Waals surface area contributed by atoms with Crippen LogP contribution in [0.2, 0.25) is 0 Å². The average Bonchev–Trinajstić information content (AvgIpc) is 3.28. The first-order chi connectivity index (χ1) is 31.5. The number of esters is 2. The lowest BCUT2D eigenvalue weighted by atomic mass is 9.85. The Bertz CT molecular complexity index is 2400. The molecule has 3 aromatic carbocycles. The fourth-order valence-electron chi connectivity index (χ4n) is 7.88. The van der Waals surface area contributed by atoms with Crippen LogP contribution in [0.4, 0.5) is 0 Å². The van der Waals surface area contributed by atoms with Gasteiger partial charge in [0.1, 0.15) is 17.5 Å². The minimum atomic E-state index is -1.34. The number of ketones is 1. The zero-order valence-electron chi connectivity index (χ0n) is 37.3. The molecule has 5 rings (SSSR count). The molecule has 0 saturated carbocycles. The van der Waals surface area contributed by atoms with E-state index in [9.17, 15) is 48.3 Å². The van der Waals surface area contributed by atoms with Crippen molar-refractivity contribution in [1.29, 1.82) is 0 Å². The van der Waals surface area contributed by atoms with Gasteiger partial charge in [-0.3, -0.25) is 43.3 Å². The Morgan fingerprint density at radius 3 is 2.12 bits per heavy atom. The maximum Gasteiger partial charge on any atom is 0.353 e. The second-order valence-corrected chi connectivity index (χ2v) is 16.5. The summed E-state index contributed by atoms with van der Waals surface area (Å²) in [5.74, 6) is -6.86. The van der Waals surface area contributed by atoms with E-state index >= 15 is 0 Å². The number of aliphatic carboxylic acids is 1. The number of ether oxygens (including phenoxy) is 2. The number of allylic oxidation sites excluding steroid dienone is 1. The molecule has 2 heterocycles. The third-order valence-electron chi connectivity index (χ3n) is 11.4. The molecule has 0 bridgehead atoms. The van der Waals surface area contributed by atoms with Crippen LogP contribution in [0.1, 0.15) is 109 Å². The van der Waals surface area contributed by atoms with Gasteiger partial charge in [0.15, 0.2) is 11.5 Å². The predicted molar refractivity (Wildman–Crippen MR) is 240 cm³/mol. The highest BCUT2D eigenvalue weighted by atomic mass is 35.5. The van der Waals surface area contributed by atoms with Crippen molar-refractivity contribution in [1.82, 2.24) is 25.8 Å². The molecule has 2 aliphatic rings. The maximum absolute atomic E-state index is 13.8. The molecule has 1 saturated heterocycles. The molecule has 0 aromatic heterocycles. The number of rotatable bonds is 22. The Balaban J connectivity index is 1.21. The van der Waals surface area contributed by atoms with Gasteiger partial charge in [0.2, 0.25) is 11.8 Å². The SMILES string of the molecule is CC(=O)Oc1cccc(C(=O)NCCCN(CCCCNC(=O)c2cccc(C)c2C)C(=O)CCC(=O)C[C@H](C(=O)N[C@@H]2C(=O)N3C(C(=O)O)=C(Cl)CC[C@H]23)c2ccccc2)c1OC(C)=O. The maximum atomic E-state index is 13.8. The van der Waals surface area contributed by atoms with Crippen LogP contribution >= 0.6 is 11.6 Å². The largest absolute Gasteiger partial charge is 0.477 e. The van der Waals surface area contributed by atoms with Gasteiger partial charge in [-0.1, -0.05) is 60.1 Å². The summed E-state index contributed by atoms with van der Waals surface area (Å²) in [6.45, 7) is 7.00. The first-order valence-electron chi connectivity index (χ1n) is 21.7. The fourth-order valence-corrected chi connectivity index (χ4v) is 8.16. The number of Topliss-reactive ketones (excluding diaryl/α,β-unsaturated/α-hetero) is 1. The van der Waals surface area contributed by atoms with Gasteiger partial charge in [0, 0.05) is 69.9 Å². The minimum absolute atomic E-state index is 0.0505. The van der Waals surface area contributed by atoms with E-state index in [0.717, 1.165) is 29.9 Å². The van der Waals surface area contributed by atoms with Crippen LogP contribution in [-0.2, 0) is 33.6 Å². The van der Waals surface area contributed by atoms with Crippen LogP contribution in [0, 0.1) is 13.8 Å². The highest BCUT2D eigenvalue weighted by Crippen LogP contribution is 2.38. The zero-order chi connectivity index (χ0) is 48.1. The lowest BCUT2D eigenvalue weighted by molar-refractivity contribution is -0.156. The van der Waals surface area contributed by atoms with E-state index in [1.807, 2.05) is 26.0 Å². The number of nitrogens with zero attached hydrogens (tertiary/aromatic N) is 2. The van der Waals surface area contributed by atoms with Gasteiger partial charge in [-0.2, -0.15) is 0 Å². The van der Waals surface area contributed by atoms with E-state index in [1.165, 1.54) is 18.2 Å². The minimum Gasteiger partial charge on any atom is -0.477 e. The Kier molecular flexibility index (Phi) is 17.7. The van der Waals surface area contributed by atoms with Crippen LogP contribution in [0.15, 0.2) is 77.5 Å². The molecule has 18 heteroatoms.